The van der Waals surface area contributed by atoms with Crippen molar-refractivity contribution in [1.82, 2.24) is 0 Å². The van der Waals surface area contributed by atoms with Crippen LogP contribution < -0.4 is 4.90 Å². The van der Waals surface area contributed by atoms with Crippen molar-refractivity contribution in [1.29, 1.82) is 0 Å². The lowest BCUT2D eigenvalue weighted by Gasteiger charge is -2.28. The van der Waals surface area contributed by atoms with Gasteiger partial charge in [0.2, 0.25) is 0 Å². The molecule has 0 saturated carbocycles. The Morgan fingerprint density at radius 1 is 0.439 bits per heavy atom. The third kappa shape index (κ3) is 5.87. The molecule has 0 spiro atoms. The van der Waals surface area contributed by atoms with E-state index in [4.69, 9.17) is 4.42 Å². The zero-order valence-corrected chi connectivity index (χ0v) is 33.2. The van der Waals surface area contributed by atoms with Gasteiger partial charge < -0.3 is 9.32 Å². The maximum Gasteiger partial charge on any atom is 0.136 e. The fourth-order valence-corrected chi connectivity index (χ4v) is 8.99. The Morgan fingerprint density at radius 2 is 1.07 bits per heavy atom. The van der Waals surface area contributed by atoms with Gasteiger partial charge in [0.05, 0.1) is 5.69 Å². The zero-order chi connectivity index (χ0) is 38.9. The first kappa shape index (κ1) is 34.8. The molecule has 1 aliphatic carbocycles. The Hall–Kier alpha value is -6.64. The smallest absolute Gasteiger partial charge is 0.136 e. The van der Waals surface area contributed by atoms with E-state index in [9.17, 15) is 0 Å². The van der Waals surface area contributed by atoms with E-state index in [-0.39, 0.29) is 10.8 Å². The van der Waals surface area contributed by atoms with Gasteiger partial charge in [-0.15, -0.1) is 0 Å². The topological polar surface area (TPSA) is 16.4 Å². The average molecular weight is 736 g/mol. The molecule has 0 unspecified atom stereocenters. The van der Waals surface area contributed by atoms with Crippen LogP contribution in [0.4, 0.5) is 17.1 Å². The van der Waals surface area contributed by atoms with E-state index in [0.717, 1.165) is 44.6 Å². The van der Waals surface area contributed by atoms with Gasteiger partial charge in [0.25, 0.3) is 0 Å². The van der Waals surface area contributed by atoms with Crippen LogP contribution >= 0.6 is 0 Å². The summed E-state index contributed by atoms with van der Waals surface area (Å²) in [4.78, 5) is 2.38. The van der Waals surface area contributed by atoms with Crippen LogP contribution in [0.2, 0.25) is 0 Å². The zero-order valence-electron chi connectivity index (χ0n) is 33.2. The fraction of sp³-hybridized carbons (Fsp3) is 0.127. The summed E-state index contributed by atoms with van der Waals surface area (Å²) in [5.74, 6) is 0. The molecule has 0 bridgehead atoms. The van der Waals surface area contributed by atoms with E-state index >= 15 is 0 Å². The summed E-state index contributed by atoms with van der Waals surface area (Å²) in [5, 5.41) is 2.29. The van der Waals surface area contributed by atoms with Gasteiger partial charge in [0.15, 0.2) is 0 Å². The summed E-state index contributed by atoms with van der Waals surface area (Å²) in [6.45, 7) is 11.5. The lowest BCUT2D eigenvalue weighted by atomic mass is 9.81. The molecule has 0 N–H and O–H groups in total. The lowest BCUT2D eigenvalue weighted by molar-refractivity contribution is 0.590. The van der Waals surface area contributed by atoms with Crippen LogP contribution in [0.25, 0.3) is 66.4 Å². The number of furan rings is 1. The summed E-state index contributed by atoms with van der Waals surface area (Å²) in [6.07, 6.45) is 0. The lowest BCUT2D eigenvalue weighted by Crippen LogP contribution is -2.15. The van der Waals surface area contributed by atoms with Crippen molar-refractivity contribution in [2.45, 2.75) is 45.4 Å². The van der Waals surface area contributed by atoms with E-state index in [1.54, 1.807) is 0 Å². The minimum absolute atomic E-state index is 0.116. The summed E-state index contributed by atoms with van der Waals surface area (Å²) < 4.78 is 6.23. The molecule has 0 radical (unpaired) electrons. The fourth-order valence-electron chi connectivity index (χ4n) is 8.99. The molecule has 276 valence electrons. The molecule has 0 saturated heterocycles. The van der Waals surface area contributed by atoms with Crippen LogP contribution in [0, 0.1) is 0 Å². The highest BCUT2D eigenvalue weighted by Crippen LogP contribution is 2.52. The maximum atomic E-state index is 6.23. The van der Waals surface area contributed by atoms with Gasteiger partial charge in [0, 0.05) is 33.1 Å². The molecule has 1 heterocycles. The number of para-hydroxylation sites is 3. The summed E-state index contributed by atoms with van der Waals surface area (Å²) >= 11 is 0. The summed E-state index contributed by atoms with van der Waals surface area (Å²) in [5.41, 5.74) is 19.1. The largest absolute Gasteiger partial charge is 0.456 e. The number of fused-ring (bicyclic) bond motifs is 6. The molecule has 0 atom stereocenters. The Bertz CT molecular complexity index is 2940. The number of hydrogen-bond donors (Lipinski definition) is 0. The Labute approximate surface area is 335 Å². The first-order valence-corrected chi connectivity index (χ1v) is 20.0. The van der Waals surface area contributed by atoms with Gasteiger partial charge in [-0.05, 0) is 116 Å². The monoisotopic (exact) mass is 735 g/mol. The molecule has 57 heavy (non-hydrogen) atoms. The first-order valence-electron chi connectivity index (χ1n) is 20.0. The maximum absolute atomic E-state index is 6.23. The van der Waals surface area contributed by atoms with Gasteiger partial charge in [-0.25, -0.2) is 0 Å². The Balaban J connectivity index is 1.05. The standard InChI is InChI=1S/C55H45NO/c1-54(2,3)40-28-22-36(23-29-40)38-26-32-45-47-34-39(27-33-48(47)55(4,5)49(45)35-38)43-16-9-11-19-50(43)56(41-14-7-6-8-15-41)42-30-24-37(25-31-42)44-18-13-21-52-53(44)46-17-10-12-20-51(46)57-52/h6-35H,1-5H3. The highest BCUT2D eigenvalue weighted by molar-refractivity contribution is 6.12. The molecular formula is C55H45NO. The molecule has 1 aliphatic rings. The summed E-state index contributed by atoms with van der Waals surface area (Å²) in [6, 6.07) is 66.4. The first-order chi connectivity index (χ1) is 27.6. The van der Waals surface area contributed by atoms with Crippen LogP contribution in [-0.4, -0.2) is 0 Å². The molecule has 10 rings (SSSR count). The highest BCUT2D eigenvalue weighted by Gasteiger charge is 2.36. The van der Waals surface area contributed by atoms with Crippen molar-refractivity contribution in [2.75, 3.05) is 4.90 Å². The molecule has 0 amide bonds. The molecule has 2 nitrogen and oxygen atoms in total. The van der Waals surface area contributed by atoms with Crippen molar-refractivity contribution in [3.8, 4) is 44.5 Å². The van der Waals surface area contributed by atoms with Crippen molar-refractivity contribution >= 4 is 39.0 Å². The number of anilines is 3. The quantitative estimate of drug-likeness (QED) is 0.169. The third-order valence-corrected chi connectivity index (χ3v) is 12.1. The van der Waals surface area contributed by atoms with E-state index < -0.39 is 0 Å². The van der Waals surface area contributed by atoms with Crippen molar-refractivity contribution in [3.63, 3.8) is 0 Å². The van der Waals surface area contributed by atoms with Crippen LogP contribution in [-0.2, 0) is 10.8 Å². The number of nitrogens with zero attached hydrogens (tertiary/aromatic N) is 1. The second kappa shape index (κ2) is 13.2. The number of hydrogen-bond acceptors (Lipinski definition) is 2. The predicted molar refractivity (Wildman–Crippen MR) is 241 cm³/mol. The van der Waals surface area contributed by atoms with Gasteiger partial charge in [-0.2, -0.15) is 0 Å². The molecule has 2 heteroatoms. The second-order valence-electron chi connectivity index (χ2n) is 17.0. The SMILES string of the molecule is CC(C)(C)c1ccc(-c2ccc3c(c2)C(C)(C)c2ccc(-c4ccccc4N(c4ccccc4)c4ccc(-c5cccc6oc7ccccc7c56)cc4)cc2-3)cc1. The van der Waals surface area contributed by atoms with Crippen molar-refractivity contribution in [2.24, 2.45) is 0 Å². The molecule has 0 fully saturated rings. The normalized spacial score (nSPS) is 13.1. The van der Waals surface area contributed by atoms with Gasteiger partial charge in [-0.3, -0.25) is 0 Å². The van der Waals surface area contributed by atoms with Gasteiger partial charge in [-0.1, -0.05) is 162 Å². The third-order valence-electron chi connectivity index (χ3n) is 12.1. The van der Waals surface area contributed by atoms with Crippen molar-refractivity contribution < 1.29 is 4.42 Å². The van der Waals surface area contributed by atoms with E-state index in [1.807, 2.05) is 12.1 Å². The van der Waals surface area contributed by atoms with Crippen LogP contribution in [0.15, 0.2) is 186 Å². The van der Waals surface area contributed by atoms with Gasteiger partial charge in [0.1, 0.15) is 11.2 Å². The Kier molecular flexibility index (Phi) is 8.09. The second-order valence-corrected chi connectivity index (χ2v) is 17.0. The minimum Gasteiger partial charge on any atom is -0.456 e. The van der Waals surface area contributed by atoms with E-state index in [1.165, 1.54) is 55.6 Å². The van der Waals surface area contributed by atoms with Crippen LogP contribution in [0.3, 0.4) is 0 Å². The van der Waals surface area contributed by atoms with Crippen LogP contribution in [0.1, 0.15) is 51.3 Å². The molecule has 8 aromatic carbocycles. The van der Waals surface area contributed by atoms with Crippen LogP contribution in [0.5, 0.6) is 0 Å². The molecule has 1 aromatic heterocycles. The molecule has 9 aromatic rings. The number of rotatable bonds is 6. The van der Waals surface area contributed by atoms with Gasteiger partial charge >= 0.3 is 0 Å². The Morgan fingerprint density at radius 3 is 1.86 bits per heavy atom. The van der Waals surface area contributed by atoms with E-state index in [2.05, 4.69) is 209 Å². The average Bonchev–Trinajstić information content (AvgIpc) is 3.73. The highest BCUT2D eigenvalue weighted by atomic mass is 16.3. The predicted octanol–water partition coefficient (Wildman–Crippen LogP) is 15.7. The van der Waals surface area contributed by atoms with Crippen molar-refractivity contribution in [3.05, 3.63) is 199 Å². The molecular weight excluding hydrogens is 691 g/mol. The minimum atomic E-state index is -0.116. The van der Waals surface area contributed by atoms with E-state index in [0.29, 0.717) is 0 Å². The number of benzene rings is 8. The molecule has 0 aliphatic heterocycles. The summed E-state index contributed by atoms with van der Waals surface area (Å²) in [7, 11) is 0.